The van der Waals surface area contributed by atoms with Gasteiger partial charge in [-0.25, -0.2) is 0 Å². The number of benzene rings is 1. The largest absolute Gasteiger partial charge is 0.490 e. The fourth-order valence-corrected chi connectivity index (χ4v) is 1.57. The van der Waals surface area contributed by atoms with E-state index in [4.69, 9.17) is 4.74 Å². The molecule has 1 aliphatic carbocycles. The number of nitrogens with zero attached hydrogens (tertiary/aromatic N) is 1. The smallest absolute Gasteiger partial charge is 0.254 e. The van der Waals surface area contributed by atoms with Gasteiger partial charge in [-0.2, -0.15) is 0 Å². The van der Waals surface area contributed by atoms with Crippen molar-refractivity contribution >= 4 is 11.6 Å². The van der Waals surface area contributed by atoms with Gasteiger partial charge >= 0.3 is 0 Å². The summed E-state index contributed by atoms with van der Waals surface area (Å²) in [6.45, 7) is 0. The molecule has 17 heavy (non-hydrogen) atoms. The topological polar surface area (TPSA) is 41.6 Å². The number of rotatable bonds is 4. The number of amides is 1. The average Bonchev–Trinajstić information content (AvgIpc) is 3.11. The standard InChI is InChI=1S/C13H18N2O2/c1-14-13(16)11-7-4-9(15(2)3)8-12(11)17-10-5-6-10/h4,7-8,10H,5-6H2,1-3H3,(H,14,16). The van der Waals surface area contributed by atoms with E-state index in [1.54, 1.807) is 7.05 Å². The third kappa shape index (κ3) is 2.70. The number of ether oxygens (including phenoxy) is 1. The molecule has 0 spiro atoms. The van der Waals surface area contributed by atoms with Crippen LogP contribution in [-0.2, 0) is 0 Å². The lowest BCUT2D eigenvalue weighted by Gasteiger charge is -2.16. The van der Waals surface area contributed by atoms with E-state index < -0.39 is 0 Å². The number of anilines is 1. The molecule has 4 nitrogen and oxygen atoms in total. The molecule has 1 N–H and O–H groups in total. The summed E-state index contributed by atoms with van der Waals surface area (Å²) in [4.78, 5) is 13.7. The van der Waals surface area contributed by atoms with Crippen LogP contribution in [0.4, 0.5) is 5.69 Å². The zero-order valence-electron chi connectivity index (χ0n) is 10.5. The molecular formula is C13H18N2O2. The summed E-state index contributed by atoms with van der Waals surface area (Å²) >= 11 is 0. The van der Waals surface area contributed by atoms with Crippen LogP contribution in [0.3, 0.4) is 0 Å². The molecule has 1 amide bonds. The molecular weight excluding hydrogens is 216 g/mol. The highest BCUT2D eigenvalue weighted by molar-refractivity contribution is 5.97. The summed E-state index contributed by atoms with van der Waals surface area (Å²) in [5, 5.41) is 2.63. The number of carbonyl (C=O) groups is 1. The predicted octanol–water partition coefficient (Wildman–Crippen LogP) is 1.65. The third-order valence-corrected chi connectivity index (χ3v) is 2.77. The minimum Gasteiger partial charge on any atom is -0.490 e. The Kier molecular flexibility index (Phi) is 3.22. The van der Waals surface area contributed by atoms with Crippen molar-refractivity contribution in [1.29, 1.82) is 0 Å². The molecule has 1 saturated carbocycles. The maximum absolute atomic E-state index is 11.7. The van der Waals surface area contributed by atoms with Crippen LogP contribution in [-0.4, -0.2) is 33.2 Å². The maximum Gasteiger partial charge on any atom is 0.254 e. The highest BCUT2D eigenvalue weighted by atomic mass is 16.5. The van der Waals surface area contributed by atoms with E-state index >= 15 is 0 Å². The lowest BCUT2D eigenvalue weighted by Crippen LogP contribution is -2.19. The van der Waals surface area contributed by atoms with Gasteiger partial charge in [-0.1, -0.05) is 0 Å². The van der Waals surface area contributed by atoms with Crippen LogP contribution in [0.1, 0.15) is 23.2 Å². The summed E-state index contributed by atoms with van der Waals surface area (Å²) in [6.07, 6.45) is 2.45. The van der Waals surface area contributed by atoms with Gasteiger partial charge in [-0.3, -0.25) is 4.79 Å². The monoisotopic (exact) mass is 234 g/mol. The van der Waals surface area contributed by atoms with Gasteiger partial charge in [0.15, 0.2) is 0 Å². The first kappa shape index (κ1) is 11.8. The Morgan fingerprint density at radius 3 is 2.65 bits per heavy atom. The van der Waals surface area contributed by atoms with Gasteiger partial charge in [0, 0.05) is 32.9 Å². The molecule has 0 heterocycles. The van der Waals surface area contributed by atoms with E-state index in [0.29, 0.717) is 11.3 Å². The Morgan fingerprint density at radius 1 is 1.41 bits per heavy atom. The average molecular weight is 234 g/mol. The molecule has 1 aliphatic rings. The number of hydrogen-bond acceptors (Lipinski definition) is 3. The second-order valence-electron chi connectivity index (χ2n) is 4.47. The van der Waals surface area contributed by atoms with Crippen molar-refractivity contribution in [3.8, 4) is 5.75 Å². The summed E-state index contributed by atoms with van der Waals surface area (Å²) in [6, 6.07) is 5.65. The Bertz CT molecular complexity index is 425. The fraction of sp³-hybridized carbons (Fsp3) is 0.462. The highest BCUT2D eigenvalue weighted by Crippen LogP contribution is 2.31. The van der Waals surface area contributed by atoms with Gasteiger partial charge in [-0.15, -0.1) is 0 Å². The lowest BCUT2D eigenvalue weighted by molar-refractivity contribution is 0.0958. The van der Waals surface area contributed by atoms with Crippen molar-refractivity contribution in [2.45, 2.75) is 18.9 Å². The molecule has 1 aromatic rings. The Morgan fingerprint density at radius 2 is 2.12 bits per heavy atom. The fourth-order valence-electron chi connectivity index (χ4n) is 1.57. The summed E-state index contributed by atoms with van der Waals surface area (Å²) in [5.74, 6) is 0.573. The van der Waals surface area contributed by atoms with E-state index in [1.165, 1.54) is 0 Å². The first-order chi connectivity index (χ1) is 8.11. The Labute approximate surface area is 102 Å². The van der Waals surface area contributed by atoms with Gasteiger partial charge in [-0.05, 0) is 25.0 Å². The van der Waals surface area contributed by atoms with Gasteiger partial charge in [0.1, 0.15) is 5.75 Å². The van der Waals surface area contributed by atoms with Crippen LogP contribution in [0.2, 0.25) is 0 Å². The van der Waals surface area contributed by atoms with Crippen LogP contribution in [0.15, 0.2) is 18.2 Å². The second kappa shape index (κ2) is 4.65. The molecule has 0 aromatic heterocycles. The summed E-state index contributed by atoms with van der Waals surface area (Å²) in [7, 11) is 5.56. The Hall–Kier alpha value is -1.71. The normalized spacial score (nSPS) is 14.3. The van der Waals surface area contributed by atoms with Crippen LogP contribution < -0.4 is 15.0 Å². The quantitative estimate of drug-likeness (QED) is 0.861. The van der Waals surface area contributed by atoms with Gasteiger partial charge in [0.05, 0.1) is 11.7 Å². The second-order valence-corrected chi connectivity index (χ2v) is 4.47. The van der Waals surface area contributed by atoms with Crippen molar-refractivity contribution in [2.24, 2.45) is 0 Å². The SMILES string of the molecule is CNC(=O)c1ccc(N(C)C)cc1OC1CC1. The molecule has 0 unspecified atom stereocenters. The minimum atomic E-state index is -0.106. The first-order valence-electron chi connectivity index (χ1n) is 5.82. The molecule has 0 radical (unpaired) electrons. The van der Waals surface area contributed by atoms with E-state index in [-0.39, 0.29) is 12.0 Å². The number of nitrogens with one attached hydrogen (secondary N) is 1. The maximum atomic E-state index is 11.7. The molecule has 92 valence electrons. The molecule has 0 atom stereocenters. The lowest BCUT2D eigenvalue weighted by atomic mass is 10.1. The van der Waals surface area contributed by atoms with Crippen LogP contribution in [0, 0.1) is 0 Å². The van der Waals surface area contributed by atoms with E-state index in [0.717, 1.165) is 18.5 Å². The van der Waals surface area contributed by atoms with Gasteiger partial charge < -0.3 is 15.0 Å². The van der Waals surface area contributed by atoms with Gasteiger partial charge in [0.25, 0.3) is 5.91 Å². The summed E-state index contributed by atoms with van der Waals surface area (Å²) < 4.78 is 5.78. The van der Waals surface area contributed by atoms with Crippen molar-refractivity contribution < 1.29 is 9.53 Å². The minimum absolute atomic E-state index is 0.106. The highest BCUT2D eigenvalue weighted by Gasteiger charge is 2.25. The Balaban J connectivity index is 2.32. The van der Waals surface area contributed by atoms with E-state index in [9.17, 15) is 4.79 Å². The van der Waals surface area contributed by atoms with Gasteiger partial charge in [0.2, 0.25) is 0 Å². The zero-order chi connectivity index (χ0) is 12.4. The van der Waals surface area contributed by atoms with Crippen LogP contribution in [0.25, 0.3) is 0 Å². The van der Waals surface area contributed by atoms with Crippen molar-refractivity contribution in [3.05, 3.63) is 23.8 Å². The van der Waals surface area contributed by atoms with Crippen LogP contribution in [0.5, 0.6) is 5.75 Å². The molecule has 2 rings (SSSR count). The zero-order valence-corrected chi connectivity index (χ0v) is 10.5. The molecule has 1 aromatic carbocycles. The molecule has 0 saturated heterocycles. The van der Waals surface area contributed by atoms with Crippen molar-refractivity contribution in [2.75, 3.05) is 26.0 Å². The van der Waals surface area contributed by atoms with Crippen molar-refractivity contribution in [3.63, 3.8) is 0 Å². The van der Waals surface area contributed by atoms with Crippen LogP contribution >= 0.6 is 0 Å². The number of carbonyl (C=O) groups excluding carboxylic acids is 1. The third-order valence-electron chi connectivity index (χ3n) is 2.77. The first-order valence-corrected chi connectivity index (χ1v) is 5.82. The predicted molar refractivity (Wildman–Crippen MR) is 67.8 cm³/mol. The molecule has 0 bridgehead atoms. The molecule has 4 heteroatoms. The molecule has 0 aliphatic heterocycles. The summed E-state index contributed by atoms with van der Waals surface area (Å²) in [5.41, 5.74) is 1.64. The van der Waals surface area contributed by atoms with E-state index in [2.05, 4.69) is 5.32 Å². The van der Waals surface area contributed by atoms with Crippen molar-refractivity contribution in [1.82, 2.24) is 5.32 Å². The van der Waals surface area contributed by atoms with E-state index in [1.807, 2.05) is 37.2 Å². The molecule has 1 fully saturated rings. The number of hydrogen-bond donors (Lipinski definition) is 1.